The molecule has 0 radical (unpaired) electrons. The van der Waals surface area contributed by atoms with Crippen LogP contribution < -0.4 is 10.1 Å². The highest BCUT2D eigenvalue weighted by molar-refractivity contribution is 5.54. The van der Waals surface area contributed by atoms with Crippen molar-refractivity contribution in [2.75, 3.05) is 5.32 Å². The molecule has 1 fully saturated rings. The second kappa shape index (κ2) is 7.51. The molecular weight excluding hydrogens is 343 g/mol. The Bertz CT molecular complexity index is 739. The smallest absolute Gasteiger partial charge is 0.423 e. The first-order valence-electron chi connectivity index (χ1n) is 8.81. The average molecular weight is 365 g/mol. The molecule has 0 spiro atoms. The Morgan fingerprint density at radius 3 is 2.35 bits per heavy atom. The van der Waals surface area contributed by atoms with Crippen molar-refractivity contribution in [1.29, 1.82) is 0 Å². The number of rotatable bonds is 5. The highest BCUT2D eigenvalue weighted by Crippen LogP contribution is 2.37. The second-order valence-corrected chi connectivity index (χ2v) is 6.84. The lowest BCUT2D eigenvalue weighted by Crippen LogP contribution is -2.18. The first-order chi connectivity index (χ1) is 12.3. The summed E-state index contributed by atoms with van der Waals surface area (Å²) in [6, 6.07) is 7.64. The lowest BCUT2D eigenvalue weighted by atomic mass is 10.0. The number of ether oxygens (including phenoxy) is 1. The molecule has 1 heterocycles. The lowest BCUT2D eigenvalue weighted by molar-refractivity contribution is -0.139. The number of nitrogens with zero attached hydrogens (tertiary/aromatic N) is 2. The van der Waals surface area contributed by atoms with E-state index in [0.717, 1.165) is 31.9 Å². The van der Waals surface area contributed by atoms with Gasteiger partial charge in [0.25, 0.3) is 0 Å². The fourth-order valence-electron chi connectivity index (χ4n) is 2.96. The molecule has 1 N–H and O–H groups in total. The number of aromatic nitrogens is 2. The molecule has 26 heavy (non-hydrogen) atoms. The summed E-state index contributed by atoms with van der Waals surface area (Å²) in [5.41, 5.74) is 0.945. The van der Waals surface area contributed by atoms with Crippen molar-refractivity contribution in [1.82, 2.24) is 9.97 Å². The Morgan fingerprint density at radius 2 is 1.77 bits per heavy atom. The molecule has 1 saturated carbocycles. The first-order valence-corrected chi connectivity index (χ1v) is 8.81. The van der Waals surface area contributed by atoms with Crippen molar-refractivity contribution in [3.8, 4) is 5.88 Å². The van der Waals surface area contributed by atoms with Gasteiger partial charge in [-0.3, -0.25) is 0 Å². The van der Waals surface area contributed by atoms with Gasteiger partial charge >= 0.3 is 6.18 Å². The third-order valence-electron chi connectivity index (χ3n) is 4.47. The summed E-state index contributed by atoms with van der Waals surface area (Å²) in [5.74, 6) is 0.0850. The zero-order chi connectivity index (χ0) is 18.7. The molecule has 1 aromatic heterocycles. The molecule has 140 valence electrons. The van der Waals surface area contributed by atoms with E-state index in [1.54, 1.807) is 0 Å². The van der Waals surface area contributed by atoms with Gasteiger partial charge in [-0.2, -0.15) is 18.2 Å². The zero-order valence-corrected chi connectivity index (χ0v) is 14.8. The maximum atomic E-state index is 13.2. The van der Waals surface area contributed by atoms with Crippen LogP contribution in [-0.4, -0.2) is 16.1 Å². The van der Waals surface area contributed by atoms with E-state index in [2.05, 4.69) is 29.1 Å². The number of halogens is 3. The topological polar surface area (TPSA) is 47.0 Å². The van der Waals surface area contributed by atoms with Crippen LogP contribution in [0.4, 0.5) is 24.8 Å². The van der Waals surface area contributed by atoms with Crippen LogP contribution in [0.25, 0.3) is 0 Å². The number of benzene rings is 1. The summed E-state index contributed by atoms with van der Waals surface area (Å²) in [7, 11) is 0. The number of nitrogens with one attached hydrogen (secondary N) is 1. The number of anilines is 2. The summed E-state index contributed by atoms with van der Waals surface area (Å²) in [6.45, 7) is 4.18. The molecule has 0 saturated heterocycles. The van der Waals surface area contributed by atoms with Gasteiger partial charge in [-0.05, 0) is 49.3 Å². The first kappa shape index (κ1) is 18.5. The SMILES string of the molecule is CC(C)c1ccc(Nc2ncc(C(F)(F)F)c(OC3CCCC3)n2)cc1. The molecule has 0 unspecified atom stereocenters. The Labute approximate surface area is 150 Å². The van der Waals surface area contributed by atoms with Crippen molar-refractivity contribution in [3.05, 3.63) is 41.6 Å². The predicted molar refractivity (Wildman–Crippen MR) is 93.7 cm³/mol. The molecule has 0 atom stereocenters. The van der Waals surface area contributed by atoms with Crippen LogP contribution >= 0.6 is 0 Å². The van der Waals surface area contributed by atoms with Crippen molar-refractivity contribution in [3.63, 3.8) is 0 Å². The van der Waals surface area contributed by atoms with Gasteiger partial charge in [-0.15, -0.1) is 0 Å². The molecule has 1 aromatic carbocycles. The number of hydrogen-bond donors (Lipinski definition) is 1. The van der Waals surface area contributed by atoms with Crippen LogP contribution in [0.2, 0.25) is 0 Å². The van der Waals surface area contributed by atoms with Gasteiger partial charge in [0.2, 0.25) is 11.8 Å². The average Bonchev–Trinajstić information content (AvgIpc) is 3.07. The highest BCUT2D eigenvalue weighted by Gasteiger charge is 2.37. The quantitative estimate of drug-likeness (QED) is 0.740. The summed E-state index contributed by atoms with van der Waals surface area (Å²) in [4.78, 5) is 7.80. The number of hydrogen-bond acceptors (Lipinski definition) is 4. The molecule has 7 heteroatoms. The van der Waals surface area contributed by atoms with Gasteiger partial charge < -0.3 is 10.1 Å². The minimum Gasteiger partial charge on any atom is -0.474 e. The standard InChI is InChI=1S/C19H22F3N3O/c1-12(2)13-7-9-14(10-8-13)24-18-23-11-16(19(20,21)22)17(25-18)26-15-5-3-4-6-15/h7-12,15H,3-6H2,1-2H3,(H,23,24,25). The van der Waals surface area contributed by atoms with Crippen LogP contribution in [0.1, 0.15) is 56.6 Å². The Hall–Kier alpha value is -2.31. The van der Waals surface area contributed by atoms with E-state index in [1.807, 2.05) is 24.3 Å². The fraction of sp³-hybridized carbons (Fsp3) is 0.474. The predicted octanol–water partition coefficient (Wildman–Crippen LogP) is 5.68. The van der Waals surface area contributed by atoms with Crippen LogP contribution in [0.5, 0.6) is 5.88 Å². The van der Waals surface area contributed by atoms with Crippen molar-refractivity contribution >= 4 is 11.6 Å². The van der Waals surface area contributed by atoms with E-state index in [0.29, 0.717) is 11.6 Å². The normalized spacial score (nSPS) is 15.5. The molecule has 2 aromatic rings. The van der Waals surface area contributed by atoms with Crippen molar-refractivity contribution in [2.45, 2.75) is 57.7 Å². The zero-order valence-electron chi connectivity index (χ0n) is 14.8. The van der Waals surface area contributed by atoms with E-state index >= 15 is 0 Å². The maximum Gasteiger partial charge on any atom is 0.423 e. The Morgan fingerprint density at radius 1 is 1.12 bits per heavy atom. The summed E-state index contributed by atoms with van der Waals surface area (Å²) in [6.07, 6.45) is -0.562. The largest absolute Gasteiger partial charge is 0.474 e. The van der Waals surface area contributed by atoms with Gasteiger partial charge in [0.05, 0.1) is 0 Å². The van der Waals surface area contributed by atoms with Crippen molar-refractivity contribution in [2.24, 2.45) is 0 Å². The van der Waals surface area contributed by atoms with E-state index in [9.17, 15) is 13.2 Å². The van der Waals surface area contributed by atoms with Gasteiger partial charge in [0, 0.05) is 11.9 Å². The molecule has 1 aliphatic carbocycles. The van der Waals surface area contributed by atoms with E-state index in [1.165, 1.54) is 5.56 Å². The van der Waals surface area contributed by atoms with Crippen LogP contribution in [0.15, 0.2) is 30.5 Å². The third-order valence-corrected chi connectivity index (χ3v) is 4.47. The van der Waals surface area contributed by atoms with Gasteiger partial charge in [0.1, 0.15) is 11.7 Å². The molecule has 4 nitrogen and oxygen atoms in total. The molecule has 1 aliphatic rings. The van der Waals surface area contributed by atoms with Crippen molar-refractivity contribution < 1.29 is 17.9 Å². The minimum absolute atomic E-state index is 0.0864. The molecule has 0 amide bonds. The maximum absolute atomic E-state index is 13.2. The summed E-state index contributed by atoms with van der Waals surface area (Å²) >= 11 is 0. The molecule has 3 rings (SSSR count). The molecular formula is C19H22F3N3O. The van der Waals surface area contributed by atoms with E-state index in [4.69, 9.17) is 4.74 Å². The highest BCUT2D eigenvalue weighted by atomic mass is 19.4. The summed E-state index contributed by atoms with van der Waals surface area (Å²) < 4.78 is 45.2. The van der Waals surface area contributed by atoms with Crippen LogP contribution in [-0.2, 0) is 6.18 Å². The van der Waals surface area contributed by atoms with E-state index < -0.39 is 17.6 Å². The monoisotopic (exact) mass is 365 g/mol. The Balaban J connectivity index is 1.83. The van der Waals surface area contributed by atoms with Crippen LogP contribution in [0.3, 0.4) is 0 Å². The minimum atomic E-state index is -4.55. The van der Waals surface area contributed by atoms with Gasteiger partial charge in [0.15, 0.2) is 0 Å². The Kier molecular flexibility index (Phi) is 5.34. The fourth-order valence-corrected chi connectivity index (χ4v) is 2.96. The lowest BCUT2D eigenvalue weighted by Gasteiger charge is -2.17. The molecule has 0 bridgehead atoms. The van der Waals surface area contributed by atoms with E-state index in [-0.39, 0.29) is 12.1 Å². The van der Waals surface area contributed by atoms with Gasteiger partial charge in [-0.25, -0.2) is 4.98 Å². The second-order valence-electron chi connectivity index (χ2n) is 6.84. The number of alkyl halides is 3. The van der Waals surface area contributed by atoms with Crippen LogP contribution in [0, 0.1) is 0 Å². The third kappa shape index (κ3) is 4.45. The van der Waals surface area contributed by atoms with Gasteiger partial charge in [-0.1, -0.05) is 26.0 Å². The molecule has 0 aliphatic heterocycles. The summed E-state index contributed by atoms with van der Waals surface area (Å²) in [5, 5.41) is 2.94.